The van der Waals surface area contributed by atoms with Crippen molar-refractivity contribution in [2.75, 3.05) is 10.6 Å². The second-order valence-corrected chi connectivity index (χ2v) is 6.38. The third-order valence-corrected chi connectivity index (χ3v) is 4.31. The molecule has 1 aromatic carbocycles. The molecule has 0 saturated heterocycles. The van der Waals surface area contributed by atoms with Crippen molar-refractivity contribution in [1.82, 2.24) is 9.97 Å². The van der Waals surface area contributed by atoms with Crippen LogP contribution in [0, 0.1) is 0 Å². The van der Waals surface area contributed by atoms with Crippen LogP contribution in [0.25, 0.3) is 0 Å². The monoisotopic (exact) mass is 310 g/mol. The van der Waals surface area contributed by atoms with Crippen molar-refractivity contribution in [3.8, 4) is 5.75 Å². The Kier molecular flexibility index (Phi) is 4.01. The maximum atomic E-state index is 6.05. The van der Waals surface area contributed by atoms with Crippen LogP contribution in [0.1, 0.15) is 38.5 Å². The number of aromatic nitrogens is 2. The van der Waals surface area contributed by atoms with Gasteiger partial charge in [0.25, 0.3) is 0 Å². The molecule has 1 aromatic heterocycles. The first-order valence-electron chi connectivity index (χ1n) is 8.47. The highest BCUT2D eigenvalue weighted by Gasteiger charge is 2.21. The second-order valence-electron chi connectivity index (χ2n) is 6.38. The Morgan fingerprint density at radius 1 is 0.957 bits per heavy atom. The third-order valence-electron chi connectivity index (χ3n) is 4.31. The predicted octanol–water partition coefficient (Wildman–Crippen LogP) is 4.12. The highest BCUT2D eigenvalue weighted by Crippen LogP contribution is 2.27. The SMILES string of the molecule is c1cc(Nc2cc(NC3CC3)ncn2)cc(OC2CCCC2)c1. The van der Waals surface area contributed by atoms with Gasteiger partial charge in [0.15, 0.2) is 0 Å². The first-order chi connectivity index (χ1) is 11.3. The summed E-state index contributed by atoms with van der Waals surface area (Å²) in [5, 5.41) is 6.72. The maximum Gasteiger partial charge on any atom is 0.135 e. The lowest BCUT2D eigenvalue weighted by Gasteiger charge is -2.14. The van der Waals surface area contributed by atoms with Crippen LogP contribution in [0.5, 0.6) is 5.75 Å². The fourth-order valence-corrected chi connectivity index (χ4v) is 2.94. The van der Waals surface area contributed by atoms with Gasteiger partial charge in [0.05, 0.1) is 6.10 Å². The lowest BCUT2D eigenvalue weighted by atomic mass is 10.2. The number of nitrogens with one attached hydrogen (secondary N) is 2. The van der Waals surface area contributed by atoms with Crippen molar-refractivity contribution in [2.45, 2.75) is 50.7 Å². The van der Waals surface area contributed by atoms with Crippen LogP contribution in [0.15, 0.2) is 36.7 Å². The minimum absolute atomic E-state index is 0.374. The van der Waals surface area contributed by atoms with Crippen LogP contribution >= 0.6 is 0 Å². The van der Waals surface area contributed by atoms with Crippen molar-refractivity contribution in [2.24, 2.45) is 0 Å². The Balaban J connectivity index is 1.43. The van der Waals surface area contributed by atoms with Crippen molar-refractivity contribution < 1.29 is 4.74 Å². The van der Waals surface area contributed by atoms with Crippen molar-refractivity contribution >= 4 is 17.3 Å². The zero-order valence-corrected chi connectivity index (χ0v) is 13.2. The standard InChI is InChI=1S/C18H22N4O/c1-2-6-15(5-1)23-16-7-3-4-14(10-16)22-18-11-17(19-12-20-18)21-13-8-9-13/h3-4,7,10-13,15H,1-2,5-6,8-9H2,(H2,19,20,21,22). The Hall–Kier alpha value is -2.30. The summed E-state index contributed by atoms with van der Waals surface area (Å²) in [6, 6.07) is 10.6. The van der Waals surface area contributed by atoms with Gasteiger partial charge in [0.2, 0.25) is 0 Å². The smallest absolute Gasteiger partial charge is 0.135 e. The summed E-state index contributed by atoms with van der Waals surface area (Å²) in [5.74, 6) is 2.59. The fourth-order valence-electron chi connectivity index (χ4n) is 2.94. The number of ether oxygens (including phenoxy) is 1. The number of nitrogens with zero attached hydrogens (tertiary/aromatic N) is 2. The molecule has 0 spiro atoms. The molecule has 1 heterocycles. The van der Waals surface area contributed by atoms with Crippen LogP contribution in [0.4, 0.5) is 17.3 Å². The lowest BCUT2D eigenvalue weighted by molar-refractivity contribution is 0.210. The molecular formula is C18H22N4O. The van der Waals surface area contributed by atoms with E-state index in [1.54, 1.807) is 6.33 Å². The van der Waals surface area contributed by atoms with Gasteiger partial charge in [0, 0.05) is 23.9 Å². The molecule has 0 radical (unpaired) electrons. The number of anilines is 3. The molecule has 23 heavy (non-hydrogen) atoms. The number of hydrogen-bond donors (Lipinski definition) is 2. The lowest BCUT2D eigenvalue weighted by Crippen LogP contribution is -2.10. The van der Waals surface area contributed by atoms with Crippen LogP contribution in [-0.2, 0) is 0 Å². The summed E-state index contributed by atoms with van der Waals surface area (Å²) in [4.78, 5) is 8.55. The van der Waals surface area contributed by atoms with Gasteiger partial charge in [-0.3, -0.25) is 0 Å². The molecule has 5 nitrogen and oxygen atoms in total. The molecule has 0 unspecified atom stereocenters. The molecule has 0 aliphatic heterocycles. The summed E-state index contributed by atoms with van der Waals surface area (Å²) >= 11 is 0. The normalized spacial score (nSPS) is 17.9. The molecule has 0 bridgehead atoms. The minimum atomic E-state index is 0.374. The van der Waals surface area contributed by atoms with E-state index in [1.807, 2.05) is 30.3 Å². The molecule has 2 aliphatic rings. The largest absolute Gasteiger partial charge is 0.490 e. The molecule has 0 amide bonds. The van der Waals surface area contributed by atoms with Gasteiger partial charge in [-0.15, -0.1) is 0 Å². The van der Waals surface area contributed by atoms with Crippen molar-refractivity contribution in [3.63, 3.8) is 0 Å². The Morgan fingerprint density at radius 3 is 2.61 bits per heavy atom. The molecular weight excluding hydrogens is 288 g/mol. The number of rotatable bonds is 6. The van der Waals surface area contributed by atoms with Crippen LogP contribution in [0.3, 0.4) is 0 Å². The summed E-state index contributed by atoms with van der Waals surface area (Å²) in [5.41, 5.74) is 0.983. The second kappa shape index (κ2) is 6.44. The summed E-state index contributed by atoms with van der Waals surface area (Å²) in [7, 11) is 0. The van der Waals surface area contributed by atoms with E-state index < -0.39 is 0 Å². The average molecular weight is 310 g/mol. The van der Waals surface area contributed by atoms with E-state index in [2.05, 4.69) is 20.6 Å². The van der Waals surface area contributed by atoms with Gasteiger partial charge in [-0.1, -0.05) is 6.07 Å². The van der Waals surface area contributed by atoms with E-state index >= 15 is 0 Å². The summed E-state index contributed by atoms with van der Waals surface area (Å²) < 4.78 is 6.05. The first kappa shape index (κ1) is 14.3. The highest BCUT2D eigenvalue weighted by molar-refractivity contribution is 5.60. The zero-order chi connectivity index (χ0) is 15.5. The number of hydrogen-bond acceptors (Lipinski definition) is 5. The van der Waals surface area contributed by atoms with E-state index in [0.29, 0.717) is 12.1 Å². The van der Waals surface area contributed by atoms with E-state index in [4.69, 9.17) is 4.74 Å². The van der Waals surface area contributed by atoms with Gasteiger partial charge in [-0.25, -0.2) is 9.97 Å². The molecule has 2 aliphatic carbocycles. The molecule has 5 heteroatoms. The quantitative estimate of drug-likeness (QED) is 0.840. The molecule has 0 atom stereocenters. The third kappa shape index (κ3) is 3.92. The predicted molar refractivity (Wildman–Crippen MR) is 91.3 cm³/mol. The van der Waals surface area contributed by atoms with Crippen LogP contribution < -0.4 is 15.4 Å². The molecule has 2 N–H and O–H groups in total. The van der Waals surface area contributed by atoms with E-state index in [9.17, 15) is 0 Å². The topological polar surface area (TPSA) is 59.1 Å². The first-order valence-corrected chi connectivity index (χ1v) is 8.47. The van der Waals surface area contributed by atoms with Crippen LogP contribution in [0.2, 0.25) is 0 Å². The molecule has 120 valence electrons. The molecule has 2 fully saturated rings. The van der Waals surface area contributed by atoms with Crippen LogP contribution in [-0.4, -0.2) is 22.1 Å². The van der Waals surface area contributed by atoms with Gasteiger partial charge in [0.1, 0.15) is 23.7 Å². The van der Waals surface area contributed by atoms with Crippen molar-refractivity contribution in [1.29, 1.82) is 0 Å². The maximum absolute atomic E-state index is 6.05. The highest BCUT2D eigenvalue weighted by atomic mass is 16.5. The van der Waals surface area contributed by atoms with Gasteiger partial charge < -0.3 is 15.4 Å². The van der Waals surface area contributed by atoms with E-state index in [-0.39, 0.29) is 0 Å². The molecule has 2 aromatic rings. The summed E-state index contributed by atoms with van der Waals surface area (Å²) in [6.45, 7) is 0. The summed E-state index contributed by atoms with van der Waals surface area (Å²) in [6.07, 6.45) is 9.31. The van der Waals surface area contributed by atoms with Gasteiger partial charge >= 0.3 is 0 Å². The molecule has 2 saturated carbocycles. The number of benzene rings is 1. The Morgan fingerprint density at radius 2 is 1.78 bits per heavy atom. The van der Waals surface area contributed by atoms with E-state index in [0.717, 1.165) is 23.1 Å². The molecule has 4 rings (SSSR count). The van der Waals surface area contributed by atoms with E-state index in [1.165, 1.54) is 38.5 Å². The average Bonchev–Trinajstić information content (AvgIpc) is 3.21. The Labute approximate surface area is 136 Å². The van der Waals surface area contributed by atoms with Gasteiger partial charge in [-0.2, -0.15) is 0 Å². The minimum Gasteiger partial charge on any atom is -0.490 e. The Bertz CT molecular complexity index is 666. The van der Waals surface area contributed by atoms with Crippen molar-refractivity contribution in [3.05, 3.63) is 36.7 Å². The fraction of sp³-hybridized carbons (Fsp3) is 0.444. The van der Waals surface area contributed by atoms with Gasteiger partial charge in [-0.05, 0) is 50.7 Å². The zero-order valence-electron chi connectivity index (χ0n) is 13.2.